The maximum absolute atomic E-state index is 12.4. The second-order valence-corrected chi connectivity index (χ2v) is 8.13. The summed E-state index contributed by atoms with van der Waals surface area (Å²) in [6.45, 7) is 4.40. The molecule has 2 unspecified atom stereocenters. The Hall–Kier alpha value is -0.580. The molecule has 1 fully saturated rings. The molecule has 1 N–H and O–H groups in total. The minimum absolute atomic E-state index is 0.351. The fourth-order valence-corrected chi connectivity index (χ4v) is 4.52. The standard InChI is InChI=1S/C16H24ClNO2S/c1-12-7-8-16(9-13(12)2)21(19,20)18-11-15-6-4-3-5-14(15)10-17/h7-9,14-15,18H,3-6,10-11H2,1-2H3. The van der Waals surface area contributed by atoms with Crippen LogP contribution in [0.3, 0.4) is 0 Å². The third-order valence-corrected chi connectivity index (χ3v) is 6.41. The van der Waals surface area contributed by atoms with Crippen molar-refractivity contribution in [2.75, 3.05) is 12.4 Å². The molecule has 1 aliphatic carbocycles. The van der Waals surface area contributed by atoms with E-state index in [2.05, 4.69) is 4.72 Å². The summed E-state index contributed by atoms with van der Waals surface area (Å²) in [7, 11) is -3.42. The van der Waals surface area contributed by atoms with Crippen LogP contribution >= 0.6 is 11.6 Å². The van der Waals surface area contributed by atoms with E-state index in [9.17, 15) is 8.42 Å². The molecule has 21 heavy (non-hydrogen) atoms. The monoisotopic (exact) mass is 329 g/mol. The van der Waals surface area contributed by atoms with Gasteiger partial charge in [0.25, 0.3) is 0 Å². The Morgan fingerprint density at radius 3 is 2.43 bits per heavy atom. The summed E-state index contributed by atoms with van der Waals surface area (Å²) in [6.07, 6.45) is 4.55. The topological polar surface area (TPSA) is 46.2 Å². The summed E-state index contributed by atoms with van der Waals surface area (Å²) < 4.78 is 27.5. The van der Waals surface area contributed by atoms with Gasteiger partial charge in [-0.05, 0) is 61.8 Å². The normalized spacial score (nSPS) is 23.2. The van der Waals surface area contributed by atoms with Crippen LogP contribution in [0.4, 0.5) is 0 Å². The quantitative estimate of drug-likeness (QED) is 0.838. The summed E-state index contributed by atoms with van der Waals surface area (Å²) in [5, 5.41) is 0. The van der Waals surface area contributed by atoms with Crippen LogP contribution < -0.4 is 4.72 Å². The van der Waals surface area contributed by atoms with Crippen LogP contribution in [0.1, 0.15) is 36.8 Å². The van der Waals surface area contributed by atoms with Crippen LogP contribution in [0.25, 0.3) is 0 Å². The third kappa shape index (κ3) is 4.21. The van der Waals surface area contributed by atoms with Crippen molar-refractivity contribution in [2.24, 2.45) is 11.8 Å². The van der Waals surface area contributed by atoms with Gasteiger partial charge >= 0.3 is 0 Å². The summed E-state index contributed by atoms with van der Waals surface area (Å²) in [4.78, 5) is 0.351. The number of hydrogen-bond acceptors (Lipinski definition) is 2. The molecule has 0 saturated heterocycles. The van der Waals surface area contributed by atoms with Gasteiger partial charge in [0.1, 0.15) is 0 Å². The lowest BCUT2D eigenvalue weighted by atomic mass is 9.80. The van der Waals surface area contributed by atoms with Crippen LogP contribution in [-0.2, 0) is 10.0 Å². The van der Waals surface area contributed by atoms with Gasteiger partial charge in [0.05, 0.1) is 4.90 Å². The number of rotatable bonds is 5. The minimum Gasteiger partial charge on any atom is -0.211 e. The number of halogens is 1. The Kier molecular flexibility index (Phi) is 5.69. The van der Waals surface area contributed by atoms with Gasteiger partial charge in [-0.15, -0.1) is 11.6 Å². The molecule has 0 radical (unpaired) electrons. The van der Waals surface area contributed by atoms with E-state index in [1.165, 1.54) is 12.8 Å². The molecule has 1 saturated carbocycles. The van der Waals surface area contributed by atoms with Crippen molar-refractivity contribution in [1.82, 2.24) is 4.72 Å². The summed E-state index contributed by atoms with van der Waals surface area (Å²) in [6, 6.07) is 5.26. The first-order valence-electron chi connectivity index (χ1n) is 7.57. The Morgan fingerprint density at radius 1 is 1.14 bits per heavy atom. The number of benzene rings is 1. The largest absolute Gasteiger partial charge is 0.240 e. The number of hydrogen-bond donors (Lipinski definition) is 1. The molecule has 0 spiro atoms. The Bertz CT molecular complexity index is 586. The third-order valence-electron chi connectivity index (χ3n) is 4.59. The zero-order chi connectivity index (χ0) is 15.5. The van der Waals surface area contributed by atoms with Gasteiger partial charge in [-0.1, -0.05) is 18.9 Å². The van der Waals surface area contributed by atoms with Crippen molar-refractivity contribution in [2.45, 2.75) is 44.4 Å². The van der Waals surface area contributed by atoms with Gasteiger partial charge in [-0.2, -0.15) is 0 Å². The van der Waals surface area contributed by atoms with E-state index in [0.717, 1.165) is 24.0 Å². The van der Waals surface area contributed by atoms with E-state index >= 15 is 0 Å². The molecule has 5 heteroatoms. The molecule has 118 valence electrons. The second-order valence-electron chi connectivity index (χ2n) is 6.06. The highest BCUT2D eigenvalue weighted by atomic mass is 35.5. The zero-order valence-corrected chi connectivity index (χ0v) is 14.3. The van der Waals surface area contributed by atoms with Gasteiger partial charge < -0.3 is 0 Å². The molecule has 0 bridgehead atoms. The van der Waals surface area contributed by atoms with Crippen molar-refractivity contribution in [3.8, 4) is 0 Å². The van der Waals surface area contributed by atoms with E-state index < -0.39 is 10.0 Å². The maximum atomic E-state index is 12.4. The summed E-state index contributed by atoms with van der Waals surface area (Å²) in [5.74, 6) is 1.41. The maximum Gasteiger partial charge on any atom is 0.240 e. The van der Waals surface area contributed by atoms with Crippen LogP contribution in [0.2, 0.25) is 0 Å². The Labute approximate surface area is 133 Å². The molecule has 2 atom stereocenters. The fourth-order valence-electron chi connectivity index (χ4n) is 2.94. The molecular formula is C16H24ClNO2S. The molecule has 2 rings (SSSR count). The van der Waals surface area contributed by atoms with E-state index in [-0.39, 0.29) is 0 Å². The molecule has 0 aliphatic heterocycles. The fraction of sp³-hybridized carbons (Fsp3) is 0.625. The van der Waals surface area contributed by atoms with E-state index in [1.807, 2.05) is 19.9 Å². The van der Waals surface area contributed by atoms with Gasteiger partial charge in [0, 0.05) is 12.4 Å². The van der Waals surface area contributed by atoms with Crippen molar-refractivity contribution in [1.29, 1.82) is 0 Å². The van der Waals surface area contributed by atoms with Crippen LogP contribution in [0.5, 0.6) is 0 Å². The number of aryl methyl sites for hydroxylation is 2. The first-order valence-corrected chi connectivity index (χ1v) is 9.58. The average Bonchev–Trinajstić information content (AvgIpc) is 2.48. The molecule has 3 nitrogen and oxygen atoms in total. The molecular weight excluding hydrogens is 306 g/mol. The highest BCUT2D eigenvalue weighted by Gasteiger charge is 2.26. The van der Waals surface area contributed by atoms with Crippen molar-refractivity contribution >= 4 is 21.6 Å². The molecule has 1 aromatic rings. The average molecular weight is 330 g/mol. The SMILES string of the molecule is Cc1ccc(S(=O)(=O)NCC2CCCCC2CCl)cc1C. The first kappa shape index (κ1) is 16.8. The van der Waals surface area contributed by atoms with Gasteiger partial charge in [-0.25, -0.2) is 13.1 Å². The number of sulfonamides is 1. The summed E-state index contributed by atoms with van der Waals surface area (Å²) >= 11 is 6.00. The van der Waals surface area contributed by atoms with Crippen LogP contribution in [0, 0.1) is 25.7 Å². The minimum atomic E-state index is -3.42. The first-order chi connectivity index (χ1) is 9.94. The van der Waals surface area contributed by atoms with Crippen molar-refractivity contribution < 1.29 is 8.42 Å². The Balaban J connectivity index is 2.05. The van der Waals surface area contributed by atoms with Gasteiger partial charge in [-0.3, -0.25) is 0 Å². The highest BCUT2D eigenvalue weighted by molar-refractivity contribution is 7.89. The smallest absolute Gasteiger partial charge is 0.211 e. The van der Waals surface area contributed by atoms with Crippen molar-refractivity contribution in [3.05, 3.63) is 29.3 Å². The van der Waals surface area contributed by atoms with E-state index in [1.54, 1.807) is 12.1 Å². The predicted octanol–water partition coefficient (Wildman–Crippen LogP) is 3.63. The predicted molar refractivity (Wildman–Crippen MR) is 87.3 cm³/mol. The lowest BCUT2D eigenvalue weighted by molar-refractivity contribution is 0.260. The number of nitrogens with one attached hydrogen (secondary N) is 1. The molecule has 0 amide bonds. The van der Waals surface area contributed by atoms with Gasteiger partial charge in [0.2, 0.25) is 10.0 Å². The molecule has 1 aliphatic rings. The van der Waals surface area contributed by atoms with Gasteiger partial charge in [0.15, 0.2) is 0 Å². The Morgan fingerprint density at radius 2 is 1.81 bits per heavy atom. The van der Waals surface area contributed by atoms with Crippen molar-refractivity contribution in [3.63, 3.8) is 0 Å². The number of alkyl halides is 1. The zero-order valence-electron chi connectivity index (χ0n) is 12.7. The van der Waals surface area contributed by atoms with Crippen LogP contribution in [-0.4, -0.2) is 20.8 Å². The van der Waals surface area contributed by atoms with Crippen LogP contribution in [0.15, 0.2) is 23.1 Å². The lowest BCUT2D eigenvalue weighted by Gasteiger charge is -2.30. The summed E-state index contributed by atoms with van der Waals surface area (Å²) in [5.41, 5.74) is 2.10. The molecule has 0 aromatic heterocycles. The van der Waals surface area contributed by atoms with E-state index in [0.29, 0.717) is 29.2 Å². The highest BCUT2D eigenvalue weighted by Crippen LogP contribution is 2.30. The molecule has 0 heterocycles. The van der Waals surface area contributed by atoms with E-state index in [4.69, 9.17) is 11.6 Å². The molecule has 1 aromatic carbocycles. The second kappa shape index (κ2) is 7.12. The lowest BCUT2D eigenvalue weighted by Crippen LogP contribution is -2.34.